The van der Waals surface area contributed by atoms with Crippen LogP contribution in [0.25, 0.3) is 0 Å². The molecule has 0 radical (unpaired) electrons. The Balaban J connectivity index is 3.03. The predicted molar refractivity (Wildman–Crippen MR) is 53.4 cm³/mol. The zero-order valence-corrected chi connectivity index (χ0v) is 7.97. The molecule has 4 nitrogen and oxygen atoms in total. The van der Waals surface area contributed by atoms with Crippen LogP contribution in [0.1, 0.15) is 12.5 Å². The van der Waals surface area contributed by atoms with E-state index in [9.17, 15) is 0 Å². The summed E-state index contributed by atoms with van der Waals surface area (Å²) in [4.78, 5) is 0. The molecular weight excluding hydrogens is 183 g/mol. The molecule has 0 unspecified atom stereocenters. The zero-order valence-electron chi connectivity index (χ0n) is 7.97. The van der Waals surface area contributed by atoms with Crippen LogP contribution in [0.4, 0.5) is 0 Å². The molecule has 0 aliphatic heterocycles. The minimum Gasteiger partial charge on any atom is -0.494 e. The molecule has 0 spiro atoms. The van der Waals surface area contributed by atoms with E-state index in [0.29, 0.717) is 17.9 Å². The summed E-state index contributed by atoms with van der Waals surface area (Å²) >= 11 is 0. The predicted octanol–water partition coefficient (Wildman–Crippen LogP) is -0.743. The van der Waals surface area contributed by atoms with Gasteiger partial charge in [0.25, 0.3) is 0 Å². The smallest absolute Gasteiger partial charge is 0.492 e. The molecule has 76 valence electrons. The summed E-state index contributed by atoms with van der Waals surface area (Å²) in [6.07, 6.45) is 0. The van der Waals surface area contributed by atoms with Crippen LogP contribution in [0.2, 0.25) is 0 Å². The quantitative estimate of drug-likeness (QED) is 0.554. The van der Waals surface area contributed by atoms with Crippen LogP contribution in [-0.4, -0.2) is 28.9 Å². The van der Waals surface area contributed by atoms with Crippen LogP contribution in [-0.2, 0) is 6.61 Å². The van der Waals surface area contributed by atoms with E-state index in [2.05, 4.69) is 0 Å². The maximum Gasteiger partial charge on any atom is 0.492 e. The molecule has 1 aromatic rings. The highest BCUT2D eigenvalue weighted by atomic mass is 16.5. The Morgan fingerprint density at radius 1 is 1.36 bits per heavy atom. The van der Waals surface area contributed by atoms with Crippen molar-refractivity contribution in [1.29, 1.82) is 0 Å². The summed E-state index contributed by atoms with van der Waals surface area (Å²) in [7, 11) is -1.58. The first kappa shape index (κ1) is 11.0. The van der Waals surface area contributed by atoms with Crippen LogP contribution in [0.5, 0.6) is 5.75 Å². The second kappa shape index (κ2) is 5.00. The fourth-order valence-corrected chi connectivity index (χ4v) is 1.19. The highest BCUT2D eigenvalue weighted by molar-refractivity contribution is 6.59. The van der Waals surface area contributed by atoms with Crippen LogP contribution in [0.3, 0.4) is 0 Å². The Bertz CT molecular complexity index is 301. The number of ether oxygens (including phenoxy) is 1. The molecule has 0 amide bonds. The van der Waals surface area contributed by atoms with Gasteiger partial charge in [-0.25, -0.2) is 0 Å². The van der Waals surface area contributed by atoms with E-state index in [0.717, 1.165) is 0 Å². The van der Waals surface area contributed by atoms with Crippen LogP contribution < -0.4 is 10.2 Å². The first-order chi connectivity index (χ1) is 6.69. The van der Waals surface area contributed by atoms with Gasteiger partial charge in [-0.2, -0.15) is 0 Å². The highest BCUT2D eigenvalue weighted by Crippen LogP contribution is 2.10. The lowest BCUT2D eigenvalue weighted by Crippen LogP contribution is -2.31. The van der Waals surface area contributed by atoms with Gasteiger partial charge >= 0.3 is 7.12 Å². The molecule has 0 aliphatic carbocycles. The molecule has 0 saturated carbocycles. The number of benzene rings is 1. The van der Waals surface area contributed by atoms with Gasteiger partial charge < -0.3 is 19.9 Å². The maximum atomic E-state index is 9.05. The van der Waals surface area contributed by atoms with E-state index in [1.807, 2.05) is 6.92 Å². The molecule has 0 bridgehead atoms. The van der Waals surface area contributed by atoms with E-state index in [1.165, 1.54) is 6.07 Å². The summed E-state index contributed by atoms with van der Waals surface area (Å²) in [5, 5.41) is 27.0. The summed E-state index contributed by atoms with van der Waals surface area (Å²) in [6.45, 7) is 2.14. The molecule has 14 heavy (non-hydrogen) atoms. The van der Waals surface area contributed by atoms with Crippen molar-refractivity contribution in [1.82, 2.24) is 0 Å². The fourth-order valence-electron chi connectivity index (χ4n) is 1.19. The largest absolute Gasteiger partial charge is 0.494 e. The molecule has 0 aromatic heterocycles. The van der Waals surface area contributed by atoms with Crippen molar-refractivity contribution in [3.8, 4) is 5.75 Å². The summed E-state index contributed by atoms with van der Waals surface area (Å²) in [6, 6.07) is 4.80. The van der Waals surface area contributed by atoms with Gasteiger partial charge in [-0.05, 0) is 18.6 Å². The first-order valence-corrected chi connectivity index (χ1v) is 4.41. The van der Waals surface area contributed by atoms with E-state index in [-0.39, 0.29) is 12.1 Å². The lowest BCUT2D eigenvalue weighted by Gasteiger charge is -2.10. The number of rotatable bonds is 4. The minimum absolute atomic E-state index is 0.133. The van der Waals surface area contributed by atoms with Crippen molar-refractivity contribution in [2.24, 2.45) is 0 Å². The van der Waals surface area contributed by atoms with Crippen molar-refractivity contribution in [3.05, 3.63) is 23.8 Å². The van der Waals surface area contributed by atoms with Gasteiger partial charge in [0.15, 0.2) is 0 Å². The Morgan fingerprint density at radius 2 is 2.07 bits per heavy atom. The lowest BCUT2D eigenvalue weighted by atomic mass is 9.79. The molecular formula is C9H13BO4. The standard InChI is InChI=1S/C9H13BO4/c1-2-14-9-4-3-7(6-11)5-8(9)10(12)13/h3-5,11-13H,2,6H2,1H3. The Hall–Kier alpha value is -1.04. The van der Waals surface area contributed by atoms with E-state index in [4.69, 9.17) is 19.9 Å². The third kappa shape index (κ3) is 2.48. The topological polar surface area (TPSA) is 69.9 Å². The third-order valence-corrected chi connectivity index (χ3v) is 1.83. The van der Waals surface area contributed by atoms with Crippen molar-refractivity contribution in [2.45, 2.75) is 13.5 Å². The fraction of sp³-hybridized carbons (Fsp3) is 0.333. The Labute approximate surface area is 82.9 Å². The van der Waals surface area contributed by atoms with Crippen molar-refractivity contribution in [2.75, 3.05) is 6.61 Å². The average Bonchev–Trinajstić information content (AvgIpc) is 2.18. The third-order valence-electron chi connectivity index (χ3n) is 1.83. The molecule has 0 aliphatic rings. The molecule has 5 heteroatoms. The summed E-state index contributed by atoms with van der Waals surface area (Å²) < 4.78 is 5.20. The lowest BCUT2D eigenvalue weighted by molar-refractivity contribution is 0.281. The van der Waals surface area contributed by atoms with Crippen LogP contribution in [0, 0.1) is 0 Å². The average molecular weight is 196 g/mol. The normalized spacial score (nSPS) is 10.0. The SMILES string of the molecule is CCOc1ccc(CO)cc1B(O)O. The maximum absolute atomic E-state index is 9.05. The second-order valence-corrected chi connectivity index (χ2v) is 2.84. The second-order valence-electron chi connectivity index (χ2n) is 2.84. The number of aliphatic hydroxyl groups is 1. The summed E-state index contributed by atoms with van der Waals surface area (Å²) in [5.41, 5.74) is 0.898. The van der Waals surface area contributed by atoms with Crippen molar-refractivity contribution < 1.29 is 19.9 Å². The first-order valence-electron chi connectivity index (χ1n) is 4.41. The zero-order chi connectivity index (χ0) is 10.6. The monoisotopic (exact) mass is 196 g/mol. The summed E-state index contributed by atoms with van der Waals surface area (Å²) in [5.74, 6) is 0.430. The van der Waals surface area contributed by atoms with E-state index < -0.39 is 7.12 Å². The molecule has 1 aromatic carbocycles. The van der Waals surface area contributed by atoms with Gasteiger partial charge in [0.05, 0.1) is 13.2 Å². The van der Waals surface area contributed by atoms with Crippen molar-refractivity contribution in [3.63, 3.8) is 0 Å². The molecule has 0 heterocycles. The number of hydrogen-bond acceptors (Lipinski definition) is 4. The Kier molecular flexibility index (Phi) is 3.94. The van der Waals surface area contributed by atoms with Gasteiger partial charge in [0, 0.05) is 5.46 Å². The highest BCUT2D eigenvalue weighted by Gasteiger charge is 2.17. The van der Waals surface area contributed by atoms with Gasteiger partial charge in [-0.15, -0.1) is 0 Å². The van der Waals surface area contributed by atoms with Crippen LogP contribution in [0.15, 0.2) is 18.2 Å². The molecule has 1 rings (SSSR count). The minimum atomic E-state index is -1.58. The van der Waals surface area contributed by atoms with Gasteiger partial charge in [0.1, 0.15) is 5.75 Å². The molecule has 3 N–H and O–H groups in total. The van der Waals surface area contributed by atoms with Crippen molar-refractivity contribution >= 4 is 12.6 Å². The van der Waals surface area contributed by atoms with Crippen LogP contribution >= 0.6 is 0 Å². The van der Waals surface area contributed by atoms with Gasteiger partial charge in [0.2, 0.25) is 0 Å². The molecule has 0 fully saturated rings. The molecule has 0 saturated heterocycles. The van der Waals surface area contributed by atoms with E-state index in [1.54, 1.807) is 12.1 Å². The van der Waals surface area contributed by atoms with Gasteiger partial charge in [-0.3, -0.25) is 0 Å². The Morgan fingerprint density at radius 3 is 2.57 bits per heavy atom. The van der Waals surface area contributed by atoms with E-state index >= 15 is 0 Å². The molecule has 0 atom stereocenters. The number of aliphatic hydroxyl groups excluding tert-OH is 1. The van der Waals surface area contributed by atoms with Gasteiger partial charge in [-0.1, -0.05) is 12.1 Å². The number of hydrogen-bond donors (Lipinski definition) is 3.